The molecule has 0 radical (unpaired) electrons. The first-order valence-corrected chi connectivity index (χ1v) is 11.4. The topological polar surface area (TPSA) is 36.9 Å². The number of ether oxygens (including phenoxy) is 4. The summed E-state index contributed by atoms with van der Waals surface area (Å²) in [6.07, 6.45) is 3.42. The highest BCUT2D eigenvalue weighted by molar-refractivity contribution is 5.43. The number of rotatable bonds is 0. The maximum atomic E-state index is 5.48. The SMILES string of the molecule is Cc1ccc2c(c1)CCCO2.Cc1ccc2c(c1)CCO2.Cc1ccc2c(c1)OCCO2. The molecule has 0 bridgehead atoms. The molecule has 0 aromatic heterocycles. The molecular weight excluding hydrogens is 400 g/mol. The molecule has 0 atom stereocenters. The van der Waals surface area contributed by atoms with Crippen molar-refractivity contribution < 1.29 is 18.9 Å². The van der Waals surface area contributed by atoms with Crippen molar-refractivity contribution in [3.63, 3.8) is 0 Å². The van der Waals surface area contributed by atoms with Crippen LogP contribution in [0, 0.1) is 20.8 Å². The zero-order valence-corrected chi connectivity index (χ0v) is 19.3. The smallest absolute Gasteiger partial charge is 0.161 e. The molecule has 0 amide bonds. The average molecular weight is 433 g/mol. The van der Waals surface area contributed by atoms with Gasteiger partial charge in [0, 0.05) is 6.42 Å². The van der Waals surface area contributed by atoms with E-state index < -0.39 is 0 Å². The summed E-state index contributed by atoms with van der Waals surface area (Å²) >= 11 is 0. The van der Waals surface area contributed by atoms with E-state index in [1.807, 2.05) is 25.1 Å². The summed E-state index contributed by atoms with van der Waals surface area (Å²) in [7, 11) is 0. The second kappa shape index (κ2) is 10.4. The molecule has 0 fully saturated rings. The molecule has 3 aliphatic heterocycles. The molecule has 3 aromatic carbocycles. The van der Waals surface area contributed by atoms with Gasteiger partial charge in [0.25, 0.3) is 0 Å². The second-order valence-electron chi connectivity index (χ2n) is 8.42. The first-order valence-electron chi connectivity index (χ1n) is 11.4. The summed E-state index contributed by atoms with van der Waals surface area (Å²) in [6.45, 7) is 9.34. The Labute approximate surface area is 191 Å². The zero-order chi connectivity index (χ0) is 22.3. The van der Waals surface area contributed by atoms with Crippen LogP contribution in [0.4, 0.5) is 0 Å². The largest absolute Gasteiger partial charge is 0.493 e. The van der Waals surface area contributed by atoms with Gasteiger partial charge in [-0.15, -0.1) is 0 Å². The Bertz CT molecular complexity index is 1000. The molecule has 32 heavy (non-hydrogen) atoms. The van der Waals surface area contributed by atoms with Gasteiger partial charge in [0.05, 0.1) is 13.2 Å². The number of aryl methyl sites for hydroxylation is 4. The highest BCUT2D eigenvalue weighted by Gasteiger charge is 2.11. The van der Waals surface area contributed by atoms with Crippen molar-refractivity contribution in [3.8, 4) is 23.0 Å². The highest BCUT2D eigenvalue weighted by Crippen LogP contribution is 2.30. The Morgan fingerprint density at radius 3 is 1.66 bits per heavy atom. The van der Waals surface area contributed by atoms with E-state index in [0.29, 0.717) is 13.2 Å². The second-order valence-corrected chi connectivity index (χ2v) is 8.42. The molecule has 4 heteroatoms. The number of hydrogen-bond acceptors (Lipinski definition) is 4. The van der Waals surface area contributed by atoms with Crippen molar-refractivity contribution in [2.45, 2.75) is 40.0 Å². The van der Waals surface area contributed by atoms with Crippen molar-refractivity contribution in [2.75, 3.05) is 26.4 Å². The molecule has 0 N–H and O–H groups in total. The molecule has 0 spiro atoms. The van der Waals surface area contributed by atoms with E-state index in [-0.39, 0.29) is 0 Å². The van der Waals surface area contributed by atoms with Crippen LogP contribution in [-0.2, 0) is 12.8 Å². The van der Waals surface area contributed by atoms with Crippen LogP contribution >= 0.6 is 0 Å². The fourth-order valence-electron chi connectivity index (χ4n) is 3.96. The van der Waals surface area contributed by atoms with Crippen LogP contribution < -0.4 is 18.9 Å². The average Bonchev–Trinajstić information content (AvgIpc) is 3.27. The summed E-state index contributed by atoms with van der Waals surface area (Å²) in [5.41, 5.74) is 6.59. The van der Waals surface area contributed by atoms with Gasteiger partial charge < -0.3 is 18.9 Å². The lowest BCUT2D eigenvalue weighted by Crippen LogP contribution is -2.15. The number of hydrogen-bond donors (Lipinski definition) is 0. The van der Waals surface area contributed by atoms with E-state index in [9.17, 15) is 0 Å². The Balaban J connectivity index is 0.000000115. The molecule has 3 aromatic rings. The summed E-state index contributed by atoms with van der Waals surface area (Å²) in [4.78, 5) is 0. The number of benzene rings is 3. The van der Waals surface area contributed by atoms with E-state index in [1.54, 1.807) is 0 Å². The Hall–Kier alpha value is -3.14. The van der Waals surface area contributed by atoms with Crippen LogP contribution in [-0.4, -0.2) is 26.4 Å². The monoisotopic (exact) mass is 432 g/mol. The molecule has 168 valence electrons. The minimum atomic E-state index is 0.663. The van der Waals surface area contributed by atoms with Crippen LogP contribution in [0.2, 0.25) is 0 Å². The Morgan fingerprint density at radius 1 is 0.469 bits per heavy atom. The van der Waals surface area contributed by atoms with Gasteiger partial charge >= 0.3 is 0 Å². The van der Waals surface area contributed by atoms with Crippen molar-refractivity contribution in [3.05, 3.63) is 82.4 Å². The minimum Gasteiger partial charge on any atom is -0.493 e. The maximum absolute atomic E-state index is 5.48. The third-order valence-corrected chi connectivity index (χ3v) is 5.61. The van der Waals surface area contributed by atoms with Gasteiger partial charge in [-0.2, -0.15) is 0 Å². The van der Waals surface area contributed by atoms with Gasteiger partial charge in [-0.25, -0.2) is 0 Å². The van der Waals surface area contributed by atoms with E-state index in [0.717, 1.165) is 49.1 Å². The van der Waals surface area contributed by atoms with Crippen molar-refractivity contribution in [1.82, 2.24) is 0 Å². The van der Waals surface area contributed by atoms with Crippen LogP contribution in [0.5, 0.6) is 23.0 Å². The van der Waals surface area contributed by atoms with E-state index in [1.165, 1.54) is 34.2 Å². The van der Waals surface area contributed by atoms with Gasteiger partial charge in [0.2, 0.25) is 0 Å². The third-order valence-electron chi connectivity index (χ3n) is 5.61. The lowest BCUT2D eigenvalue weighted by Gasteiger charge is -2.18. The van der Waals surface area contributed by atoms with Crippen LogP contribution in [0.15, 0.2) is 54.6 Å². The Kier molecular flexibility index (Phi) is 7.21. The van der Waals surface area contributed by atoms with Gasteiger partial charge in [0.15, 0.2) is 11.5 Å². The summed E-state index contributed by atoms with van der Waals surface area (Å²) < 4.78 is 21.6. The van der Waals surface area contributed by atoms with E-state index >= 15 is 0 Å². The highest BCUT2D eigenvalue weighted by atomic mass is 16.6. The molecule has 3 heterocycles. The molecule has 3 aliphatic rings. The van der Waals surface area contributed by atoms with Gasteiger partial charge in [0.1, 0.15) is 24.7 Å². The van der Waals surface area contributed by atoms with E-state index in [4.69, 9.17) is 18.9 Å². The quantitative estimate of drug-likeness (QED) is 0.436. The summed E-state index contributed by atoms with van der Waals surface area (Å²) in [6, 6.07) is 18.7. The number of fused-ring (bicyclic) bond motifs is 3. The predicted octanol–water partition coefficient (Wildman–Crippen LogP) is 6.02. The lowest BCUT2D eigenvalue weighted by molar-refractivity contribution is 0.171. The van der Waals surface area contributed by atoms with Gasteiger partial charge in [-0.3, -0.25) is 0 Å². The molecular formula is C28H32O4. The van der Waals surface area contributed by atoms with Crippen LogP contribution in [0.1, 0.15) is 34.2 Å². The van der Waals surface area contributed by atoms with Gasteiger partial charge in [-0.05, 0) is 74.6 Å². The van der Waals surface area contributed by atoms with Crippen molar-refractivity contribution in [2.24, 2.45) is 0 Å². The molecule has 0 saturated heterocycles. The third kappa shape index (κ3) is 5.76. The Morgan fingerprint density at radius 2 is 0.969 bits per heavy atom. The first kappa shape index (κ1) is 22.1. The van der Waals surface area contributed by atoms with E-state index in [2.05, 4.69) is 50.2 Å². The normalized spacial score (nSPS) is 14.8. The summed E-state index contributed by atoms with van der Waals surface area (Å²) in [5, 5.41) is 0. The predicted molar refractivity (Wildman–Crippen MR) is 128 cm³/mol. The maximum Gasteiger partial charge on any atom is 0.161 e. The first-order chi connectivity index (χ1) is 15.6. The fraction of sp³-hybridized carbons (Fsp3) is 0.357. The molecule has 0 unspecified atom stereocenters. The molecule has 0 aliphatic carbocycles. The van der Waals surface area contributed by atoms with Crippen molar-refractivity contribution >= 4 is 0 Å². The molecule has 6 rings (SSSR count). The molecule has 0 saturated carbocycles. The molecule has 4 nitrogen and oxygen atoms in total. The standard InChI is InChI=1S/C10H12O.C9H10O2.C9H10O/c1-8-4-5-10-9(7-8)3-2-6-11-10;1-7-2-3-8-9(6-7)11-5-4-10-8;1-7-2-3-9-8(6-7)4-5-10-9/h4-5,7H,2-3,6H2,1H3;2-3,6H,4-5H2,1H3;2-3,6H,4-5H2,1H3. The fourth-order valence-corrected chi connectivity index (χ4v) is 3.96. The van der Waals surface area contributed by atoms with Crippen LogP contribution in [0.25, 0.3) is 0 Å². The van der Waals surface area contributed by atoms with Crippen molar-refractivity contribution in [1.29, 1.82) is 0 Å². The minimum absolute atomic E-state index is 0.663. The summed E-state index contributed by atoms with van der Waals surface area (Å²) in [5.74, 6) is 3.89. The lowest BCUT2D eigenvalue weighted by atomic mass is 10.0. The zero-order valence-electron chi connectivity index (χ0n) is 19.3. The van der Waals surface area contributed by atoms with Crippen LogP contribution in [0.3, 0.4) is 0 Å². The van der Waals surface area contributed by atoms with Gasteiger partial charge in [-0.1, -0.05) is 41.5 Å².